The molecule has 3 nitrogen and oxygen atoms in total. The molecule has 0 rings (SSSR count). The fraction of sp³-hybridized carbons (Fsp3) is 0.667. The molecule has 0 bridgehead atoms. The number of aliphatic carboxylic acids is 1. The van der Waals surface area contributed by atoms with Crippen molar-refractivity contribution < 1.29 is 15.6 Å². The topological polar surface area (TPSA) is 67.8 Å². The van der Waals surface area contributed by atoms with Gasteiger partial charge in [0.2, 0.25) is 0 Å². The maximum Gasteiger partial charge on any atom is 0.169 e. The summed E-state index contributed by atoms with van der Waals surface area (Å²) in [5.41, 5.74) is 3.25. The van der Waals surface area contributed by atoms with Crippen molar-refractivity contribution in [2.75, 3.05) is 5.75 Å². The van der Waals surface area contributed by atoms with Crippen LogP contribution in [0, 0.1) is 0 Å². The van der Waals surface area contributed by atoms with Gasteiger partial charge in [-0.3, -0.25) is 0 Å². The predicted molar refractivity (Wildman–Crippen MR) is 26.7 cm³/mol. The van der Waals surface area contributed by atoms with Crippen LogP contribution in [0.15, 0.2) is 0 Å². The Morgan fingerprint density at radius 3 is 2.43 bits per heavy atom. The fourth-order valence-electron chi connectivity index (χ4n) is 0.0833. The van der Waals surface area contributed by atoms with Crippen LogP contribution in [0.4, 0.5) is 0 Å². The average Bonchev–Trinajstić information content (AvgIpc) is 1.65. The van der Waals surface area contributed by atoms with Gasteiger partial charge in [0.05, 0.1) is 0 Å². The van der Waals surface area contributed by atoms with Crippen LogP contribution >= 0.6 is 0 Å². The van der Waals surface area contributed by atoms with Crippen LogP contribution in [0.5, 0.6) is 0 Å². The minimum atomic E-state index is -1.12. The van der Waals surface area contributed by atoms with Crippen LogP contribution in [0.1, 0.15) is 0 Å². The monoisotopic (exact) mass is 122 g/mol. The third-order valence-corrected chi connectivity index (χ3v) is 1.07. The lowest BCUT2D eigenvalue weighted by atomic mass is 10.4. The molecule has 0 aromatic carbocycles. The molecule has 3 N–H and O–H groups in total. The molecule has 1 unspecified atom stereocenters. The highest BCUT2D eigenvalue weighted by atomic mass is 32.1. The summed E-state index contributed by atoms with van der Waals surface area (Å²) < 4.78 is 0. The van der Waals surface area contributed by atoms with E-state index in [2.05, 4.69) is 18.4 Å². The summed E-state index contributed by atoms with van der Waals surface area (Å²) in [7, 11) is 0. The largest absolute Gasteiger partial charge is 0.544 e. The van der Waals surface area contributed by atoms with Crippen molar-refractivity contribution in [2.45, 2.75) is 6.04 Å². The third-order valence-electron chi connectivity index (χ3n) is 0.580. The molecule has 0 aromatic rings. The van der Waals surface area contributed by atoms with Gasteiger partial charge in [0.15, 0.2) is 11.8 Å². The SMILES string of the molecule is [NH3+]C(C[SH2+])C(=O)[O-]. The van der Waals surface area contributed by atoms with Crippen LogP contribution in [-0.2, 0) is 17.4 Å². The summed E-state index contributed by atoms with van der Waals surface area (Å²) in [5, 5.41) is 9.73. The number of rotatable bonds is 2. The lowest BCUT2D eigenvalue weighted by Crippen LogP contribution is -2.69. The van der Waals surface area contributed by atoms with Crippen LogP contribution in [0.25, 0.3) is 0 Å². The number of carbonyl (C=O) groups excluding carboxylic acids is 1. The molecule has 1 atom stereocenters. The van der Waals surface area contributed by atoms with Crippen molar-refractivity contribution in [1.29, 1.82) is 0 Å². The maximum atomic E-state index is 9.73. The van der Waals surface area contributed by atoms with E-state index in [-0.39, 0.29) is 0 Å². The molecular formula is C3H8NO2S+. The van der Waals surface area contributed by atoms with Gasteiger partial charge >= 0.3 is 0 Å². The van der Waals surface area contributed by atoms with Crippen LogP contribution < -0.4 is 10.8 Å². The molecule has 4 heteroatoms. The Balaban J connectivity index is 3.34. The molecule has 0 aliphatic carbocycles. The Morgan fingerprint density at radius 1 is 2.00 bits per heavy atom. The molecule has 0 saturated heterocycles. The lowest BCUT2D eigenvalue weighted by molar-refractivity contribution is -0.431. The zero-order valence-corrected chi connectivity index (χ0v) is 4.81. The van der Waals surface area contributed by atoms with E-state index in [0.717, 1.165) is 0 Å². The van der Waals surface area contributed by atoms with Crippen LogP contribution in [-0.4, -0.2) is 17.8 Å². The fourth-order valence-corrected chi connectivity index (χ4v) is 0.250. The Labute approximate surface area is 46.9 Å². The number of carboxylic acid groups (broad SMARTS) is 1. The summed E-state index contributed by atoms with van der Waals surface area (Å²) in [6, 6.07) is -0.628. The van der Waals surface area contributed by atoms with Gasteiger partial charge in [-0.05, 0) is 12.6 Å². The Bertz CT molecular complexity index is 75.3. The van der Waals surface area contributed by atoms with Crippen molar-refractivity contribution >= 4 is 18.6 Å². The second-order valence-electron chi connectivity index (χ2n) is 1.22. The summed E-state index contributed by atoms with van der Waals surface area (Å²) in [6.45, 7) is 0. The number of hydrogen-bond donors (Lipinski definition) is 1. The molecule has 0 spiro atoms. The molecule has 0 heterocycles. The van der Waals surface area contributed by atoms with Crippen molar-refractivity contribution in [1.82, 2.24) is 0 Å². The Hall–Kier alpha value is -0.220. The molecule has 0 amide bonds. The maximum absolute atomic E-state index is 9.73. The molecule has 0 aliphatic rings. The number of carbonyl (C=O) groups is 1. The highest BCUT2D eigenvalue weighted by molar-refractivity contribution is 7.58. The van der Waals surface area contributed by atoms with Crippen LogP contribution in [0.3, 0.4) is 0 Å². The van der Waals surface area contributed by atoms with E-state index in [4.69, 9.17) is 0 Å². The first kappa shape index (κ1) is 6.78. The predicted octanol–water partition coefficient (Wildman–Crippen LogP) is -3.64. The van der Waals surface area contributed by atoms with Gasteiger partial charge in [-0.1, -0.05) is 0 Å². The zero-order valence-electron chi connectivity index (χ0n) is 3.81. The summed E-state index contributed by atoms with van der Waals surface area (Å²) in [6.07, 6.45) is 0. The number of quaternary nitrogens is 1. The molecule has 0 saturated carbocycles. The first-order valence-corrected chi connectivity index (χ1v) is 2.57. The van der Waals surface area contributed by atoms with E-state index >= 15 is 0 Å². The van der Waals surface area contributed by atoms with E-state index in [1.165, 1.54) is 0 Å². The summed E-state index contributed by atoms with van der Waals surface area (Å²) in [4.78, 5) is 9.73. The van der Waals surface area contributed by atoms with Crippen molar-refractivity contribution in [3.05, 3.63) is 0 Å². The molecular weight excluding hydrogens is 114 g/mol. The van der Waals surface area contributed by atoms with Gasteiger partial charge in [-0.25, -0.2) is 0 Å². The highest BCUT2D eigenvalue weighted by Gasteiger charge is 2.04. The minimum Gasteiger partial charge on any atom is -0.544 e. The van der Waals surface area contributed by atoms with E-state index < -0.39 is 12.0 Å². The number of carboxylic acids is 1. The van der Waals surface area contributed by atoms with Gasteiger partial charge in [0, 0.05) is 0 Å². The van der Waals surface area contributed by atoms with Crippen LogP contribution in [0.2, 0.25) is 0 Å². The van der Waals surface area contributed by atoms with Gasteiger partial charge in [-0.15, -0.1) is 0 Å². The minimum absolute atomic E-state index is 0.350. The molecule has 7 heavy (non-hydrogen) atoms. The van der Waals surface area contributed by atoms with Crippen molar-refractivity contribution in [2.24, 2.45) is 0 Å². The second kappa shape index (κ2) is 2.87. The molecule has 0 fully saturated rings. The molecule has 0 aromatic heterocycles. The zero-order chi connectivity index (χ0) is 5.86. The van der Waals surface area contributed by atoms with Gasteiger partial charge in [0.25, 0.3) is 0 Å². The molecule has 42 valence electrons. The average molecular weight is 122 g/mol. The Morgan fingerprint density at radius 2 is 2.43 bits per heavy atom. The van der Waals surface area contributed by atoms with Gasteiger partial charge in [0.1, 0.15) is 5.97 Å². The van der Waals surface area contributed by atoms with E-state index in [1.807, 2.05) is 0 Å². The lowest BCUT2D eigenvalue weighted by Gasteiger charge is -1.99. The quantitative estimate of drug-likeness (QED) is 0.384. The first-order valence-electron chi connectivity index (χ1n) is 1.87. The summed E-state index contributed by atoms with van der Waals surface area (Å²) >= 11 is 2.98. The molecule has 0 aliphatic heterocycles. The van der Waals surface area contributed by atoms with Gasteiger partial charge < -0.3 is 15.6 Å². The molecule has 0 radical (unpaired) electrons. The normalized spacial score (nSPS) is 13.4. The Kier molecular flexibility index (Phi) is 2.78. The highest BCUT2D eigenvalue weighted by Crippen LogP contribution is 1.65. The van der Waals surface area contributed by atoms with Crippen molar-refractivity contribution in [3.8, 4) is 0 Å². The summed E-state index contributed by atoms with van der Waals surface area (Å²) in [5.74, 6) is -0.766. The standard InChI is InChI=1S/C3H7NO2S/c4-2(1-7)3(5)6/h2,7H,1,4H2,(H,5,6)/p+1. The van der Waals surface area contributed by atoms with Gasteiger partial charge in [-0.2, -0.15) is 0 Å². The second-order valence-corrected chi connectivity index (χ2v) is 1.63. The third kappa shape index (κ3) is 2.47. The van der Waals surface area contributed by atoms with E-state index in [0.29, 0.717) is 5.75 Å². The van der Waals surface area contributed by atoms with Crippen molar-refractivity contribution in [3.63, 3.8) is 0 Å². The van der Waals surface area contributed by atoms with E-state index in [1.54, 1.807) is 0 Å². The number of hydrogen-bond acceptors (Lipinski definition) is 2. The van der Waals surface area contributed by atoms with E-state index in [9.17, 15) is 9.90 Å². The smallest absolute Gasteiger partial charge is 0.169 e. The first-order chi connectivity index (χ1) is 3.18.